The van der Waals surface area contributed by atoms with E-state index >= 15 is 0 Å². The highest BCUT2D eigenvalue weighted by Crippen LogP contribution is 2.22. The van der Waals surface area contributed by atoms with Gasteiger partial charge in [0.15, 0.2) is 0 Å². The fourth-order valence-corrected chi connectivity index (χ4v) is 4.16. The van der Waals surface area contributed by atoms with Crippen molar-refractivity contribution in [3.05, 3.63) is 42.5 Å². The van der Waals surface area contributed by atoms with Gasteiger partial charge in [-0.2, -0.15) is 9.82 Å². The van der Waals surface area contributed by atoms with Gasteiger partial charge in [-0.25, -0.2) is 8.42 Å². The van der Waals surface area contributed by atoms with Gasteiger partial charge in [0.05, 0.1) is 18.3 Å². The summed E-state index contributed by atoms with van der Waals surface area (Å²) in [5, 5.41) is 7.13. The maximum Gasteiger partial charge on any atom is 0.244 e. The van der Waals surface area contributed by atoms with Crippen LogP contribution in [-0.2, 0) is 21.9 Å². The standard InChI is InChI=1S/C16H22N6O3S/c1-12(20-26(24,25)14-9-19-21(2)11-14)16(23)22-7-6-18-10-15(22)13-4-3-5-17-8-13/h3-5,8-9,11-12,15,18,20H,6-7,10H2,1-2H3. The van der Waals surface area contributed by atoms with Crippen molar-refractivity contribution >= 4 is 15.9 Å². The molecule has 3 rings (SSSR count). The van der Waals surface area contributed by atoms with E-state index < -0.39 is 16.1 Å². The first-order valence-electron chi connectivity index (χ1n) is 8.30. The zero-order valence-corrected chi connectivity index (χ0v) is 15.5. The maximum atomic E-state index is 12.9. The molecule has 2 aromatic heterocycles. The molecule has 1 aliphatic heterocycles. The van der Waals surface area contributed by atoms with E-state index in [0.717, 1.165) is 5.56 Å². The molecule has 2 N–H and O–H groups in total. The summed E-state index contributed by atoms with van der Waals surface area (Å²) in [7, 11) is -2.18. The van der Waals surface area contributed by atoms with Gasteiger partial charge in [-0.15, -0.1) is 0 Å². The van der Waals surface area contributed by atoms with Crippen molar-refractivity contribution in [2.45, 2.75) is 23.9 Å². The third kappa shape index (κ3) is 3.92. The average Bonchev–Trinajstić information content (AvgIpc) is 3.09. The normalized spacial score (nSPS) is 19.3. The molecule has 26 heavy (non-hydrogen) atoms. The minimum atomic E-state index is -3.81. The van der Waals surface area contributed by atoms with Crippen LogP contribution in [0.25, 0.3) is 0 Å². The van der Waals surface area contributed by atoms with Crippen LogP contribution in [0.2, 0.25) is 0 Å². The smallest absolute Gasteiger partial charge is 0.244 e. The molecule has 1 saturated heterocycles. The van der Waals surface area contributed by atoms with Crippen LogP contribution in [0.1, 0.15) is 18.5 Å². The minimum absolute atomic E-state index is 0.0313. The molecule has 0 radical (unpaired) electrons. The first-order chi connectivity index (χ1) is 12.4. The molecule has 0 spiro atoms. The van der Waals surface area contributed by atoms with Crippen LogP contribution in [-0.4, -0.2) is 59.7 Å². The zero-order valence-electron chi connectivity index (χ0n) is 14.7. The van der Waals surface area contributed by atoms with E-state index in [0.29, 0.717) is 19.6 Å². The Hall–Kier alpha value is -2.30. The van der Waals surface area contributed by atoms with Crippen molar-refractivity contribution in [2.75, 3.05) is 19.6 Å². The number of rotatable bonds is 5. The molecule has 1 aliphatic rings. The van der Waals surface area contributed by atoms with Gasteiger partial charge in [-0.05, 0) is 18.6 Å². The number of nitrogens with one attached hydrogen (secondary N) is 2. The minimum Gasteiger partial charge on any atom is -0.332 e. The number of nitrogens with zero attached hydrogens (tertiary/aromatic N) is 4. The van der Waals surface area contributed by atoms with Crippen molar-refractivity contribution in [1.82, 2.24) is 29.7 Å². The molecule has 2 aromatic rings. The summed E-state index contributed by atoms with van der Waals surface area (Å²) in [5.74, 6) is -0.271. The summed E-state index contributed by atoms with van der Waals surface area (Å²) in [6.07, 6.45) is 6.05. The van der Waals surface area contributed by atoms with E-state index in [1.807, 2.05) is 12.1 Å². The molecule has 0 aliphatic carbocycles. The summed E-state index contributed by atoms with van der Waals surface area (Å²) < 4.78 is 28.7. The first kappa shape index (κ1) is 18.5. The quantitative estimate of drug-likeness (QED) is 0.736. The molecule has 0 saturated carbocycles. The van der Waals surface area contributed by atoms with Gasteiger partial charge in [-0.1, -0.05) is 6.07 Å². The lowest BCUT2D eigenvalue weighted by Crippen LogP contribution is -2.54. The molecule has 2 unspecified atom stereocenters. The number of piperazine rings is 1. The van der Waals surface area contributed by atoms with Gasteiger partial charge in [0.2, 0.25) is 15.9 Å². The van der Waals surface area contributed by atoms with Gasteiger partial charge in [0.1, 0.15) is 4.90 Å². The molecule has 1 amide bonds. The number of aryl methyl sites for hydroxylation is 1. The van der Waals surface area contributed by atoms with Gasteiger partial charge in [-0.3, -0.25) is 14.5 Å². The Kier molecular flexibility index (Phi) is 5.35. The molecular formula is C16H22N6O3S. The monoisotopic (exact) mass is 378 g/mol. The number of carbonyl (C=O) groups excluding carboxylic acids is 1. The topological polar surface area (TPSA) is 109 Å². The van der Waals surface area contributed by atoms with E-state index in [1.54, 1.807) is 31.3 Å². The summed E-state index contributed by atoms with van der Waals surface area (Å²) in [6.45, 7) is 3.31. The van der Waals surface area contributed by atoms with Gasteiger partial charge in [0.25, 0.3) is 0 Å². The molecular weight excluding hydrogens is 356 g/mol. The number of amides is 1. The Balaban J connectivity index is 1.76. The third-order valence-corrected chi connectivity index (χ3v) is 5.78. The summed E-state index contributed by atoms with van der Waals surface area (Å²) in [5.41, 5.74) is 0.912. The van der Waals surface area contributed by atoms with Crippen molar-refractivity contribution in [2.24, 2.45) is 7.05 Å². The number of carbonyl (C=O) groups is 1. The molecule has 10 heteroatoms. The average molecular weight is 378 g/mol. The Morgan fingerprint density at radius 1 is 1.42 bits per heavy atom. The Labute approximate surface area is 152 Å². The lowest BCUT2D eigenvalue weighted by molar-refractivity contribution is -0.136. The molecule has 140 valence electrons. The van der Waals surface area contributed by atoms with E-state index in [2.05, 4.69) is 20.1 Å². The van der Waals surface area contributed by atoms with Crippen LogP contribution in [0.15, 0.2) is 41.8 Å². The van der Waals surface area contributed by atoms with Crippen molar-refractivity contribution in [3.63, 3.8) is 0 Å². The molecule has 0 aromatic carbocycles. The van der Waals surface area contributed by atoms with Crippen LogP contribution in [0.4, 0.5) is 0 Å². The highest BCUT2D eigenvalue weighted by atomic mass is 32.2. The van der Waals surface area contributed by atoms with Crippen LogP contribution < -0.4 is 10.0 Å². The third-order valence-electron chi connectivity index (χ3n) is 4.29. The molecule has 1 fully saturated rings. The highest BCUT2D eigenvalue weighted by Gasteiger charge is 2.32. The first-order valence-corrected chi connectivity index (χ1v) is 9.79. The van der Waals surface area contributed by atoms with E-state index in [1.165, 1.54) is 17.1 Å². The maximum absolute atomic E-state index is 12.9. The van der Waals surface area contributed by atoms with Crippen LogP contribution in [0.3, 0.4) is 0 Å². The highest BCUT2D eigenvalue weighted by molar-refractivity contribution is 7.89. The van der Waals surface area contributed by atoms with Crippen LogP contribution in [0.5, 0.6) is 0 Å². The predicted octanol–water partition coefficient (Wildman–Crippen LogP) is -0.345. The van der Waals surface area contributed by atoms with Gasteiger partial charge in [0, 0.05) is 45.3 Å². The molecule has 3 heterocycles. The van der Waals surface area contributed by atoms with Crippen molar-refractivity contribution in [1.29, 1.82) is 0 Å². The van der Waals surface area contributed by atoms with Gasteiger partial charge < -0.3 is 10.2 Å². The van der Waals surface area contributed by atoms with Crippen LogP contribution in [0, 0.1) is 0 Å². The fourth-order valence-electron chi connectivity index (χ4n) is 2.98. The van der Waals surface area contributed by atoms with E-state index in [-0.39, 0.29) is 16.8 Å². The Bertz CT molecular complexity index is 867. The number of pyridine rings is 1. The number of aromatic nitrogens is 3. The lowest BCUT2D eigenvalue weighted by atomic mass is 10.0. The largest absolute Gasteiger partial charge is 0.332 e. The second-order valence-electron chi connectivity index (χ2n) is 6.23. The van der Waals surface area contributed by atoms with E-state index in [4.69, 9.17) is 0 Å². The van der Waals surface area contributed by atoms with Crippen molar-refractivity contribution < 1.29 is 13.2 Å². The molecule has 0 bridgehead atoms. The predicted molar refractivity (Wildman–Crippen MR) is 94.6 cm³/mol. The van der Waals surface area contributed by atoms with Crippen LogP contribution >= 0.6 is 0 Å². The Morgan fingerprint density at radius 3 is 2.88 bits per heavy atom. The fraction of sp³-hybridized carbons (Fsp3) is 0.438. The van der Waals surface area contributed by atoms with Crippen molar-refractivity contribution in [3.8, 4) is 0 Å². The SMILES string of the molecule is CC(NS(=O)(=O)c1cnn(C)c1)C(=O)N1CCNCC1c1cccnc1. The second kappa shape index (κ2) is 7.52. The summed E-state index contributed by atoms with van der Waals surface area (Å²) in [6, 6.07) is 2.66. The van der Waals surface area contributed by atoms with Gasteiger partial charge >= 0.3 is 0 Å². The second-order valence-corrected chi connectivity index (χ2v) is 7.94. The molecule has 2 atom stereocenters. The summed E-state index contributed by atoms with van der Waals surface area (Å²) >= 11 is 0. The zero-order chi connectivity index (χ0) is 18.7. The molecule has 9 nitrogen and oxygen atoms in total. The Morgan fingerprint density at radius 2 is 2.23 bits per heavy atom. The summed E-state index contributed by atoms with van der Waals surface area (Å²) in [4.78, 5) is 18.8. The number of hydrogen-bond acceptors (Lipinski definition) is 6. The number of hydrogen-bond donors (Lipinski definition) is 2. The van der Waals surface area contributed by atoms with E-state index in [9.17, 15) is 13.2 Å². The number of sulfonamides is 1. The lowest BCUT2D eigenvalue weighted by Gasteiger charge is -2.37.